The van der Waals surface area contributed by atoms with Crippen LogP contribution < -0.4 is 19.1 Å². The number of aromatic nitrogens is 2. The number of hydrogen-bond acceptors (Lipinski definition) is 7. The third-order valence-electron chi connectivity index (χ3n) is 6.11. The lowest BCUT2D eigenvalue weighted by molar-refractivity contribution is -0.117. The Labute approximate surface area is 202 Å². The summed E-state index contributed by atoms with van der Waals surface area (Å²) in [5.41, 5.74) is 2.70. The minimum atomic E-state index is -0.176. The highest BCUT2D eigenvalue weighted by Gasteiger charge is 2.35. The number of anilines is 1. The van der Waals surface area contributed by atoms with Gasteiger partial charge in [-0.1, -0.05) is 35.5 Å². The van der Waals surface area contributed by atoms with Crippen LogP contribution in [0.15, 0.2) is 77.3 Å². The van der Waals surface area contributed by atoms with Crippen molar-refractivity contribution in [2.45, 2.75) is 18.9 Å². The molecule has 0 N–H and O–H groups in total. The summed E-state index contributed by atoms with van der Waals surface area (Å²) >= 11 is 0. The van der Waals surface area contributed by atoms with Gasteiger partial charge in [-0.3, -0.25) is 4.79 Å². The summed E-state index contributed by atoms with van der Waals surface area (Å²) in [6.45, 7) is 1.99. The number of hydrogen-bond donors (Lipinski definition) is 0. The van der Waals surface area contributed by atoms with Crippen molar-refractivity contribution in [3.8, 4) is 28.6 Å². The second kappa shape index (κ2) is 9.13. The number of carbonyl (C=O) groups is 1. The standard InChI is InChI=1S/C27H23N3O5/c31-25-14-20(16-30(25)21-8-11-23-24(15-21)33-13-12-32-23)27-28-26(29-35-27)19-6-9-22(10-7-19)34-17-18-4-2-1-3-5-18/h1-11,15,20H,12-14,16-17H2. The maximum atomic E-state index is 12.8. The maximum absolute atomic E-state index is 12.8. The molecular weight excluding hydrogens is 446 g/mol. The molecule has 1 aromatic heterocycles. The van der Waals surface area contributed by atoms with Crippen molar-refractivity contribution in [1.29, 1.82) is 0 Å². The third kappa shape index (κ3) is 4.42. The molecule has 1 atom stereocenters. The van der Waals surface area contributed by atoms with Gasteiger partial charge in [0, 0.05) is 30.3 Å². The monoisotopic (exact) mass is 469 g/mol. The summed E-state index contributed by atoms with van der Waals surface area (Å²) < 4.78 is 22.6. The second-order valence-corrected chi connectivity index (χ2v) is 8.49. The molecule has 35 heavy (non-hydrogen) atoms. The molecule has 0 bridgehead atoms. The van der Waals surface area contributed by atoms with Crippen molar-refractivity contribution in [2.75, 3.05) is 24.7 Å². The van der Waals surface area contributed by atoms with Crippen molar-refractivity contribution in [1.82, 2.24) is 10.1 Å². The van der Waals surface area contributed by atoms with Gasteiger partial charge in [-0.2, -0.15) is 4.98 Å². The van der Waals surface area contributed by atoms with E-state index in [-0.39, 0.29) is 11.8 Å². The van der Waals surface area contributed by atoms with Gasteiger partial charge in [0.1, 0.15) is 25.6 Å². The van der Waals surface area contributed by atoms with Gasteiger partial charge >= 0.3 is 0 Å². The average molecular weight is 469 g/mol. The molecule has 1 amide bonds. The van der Waals surface area contributed by atoms with Gasteiger partial charge in [-0.05, 0) is 42.0 Å². The second-order valence-electron chi connectivity index (χ2n) is 8.49. The van der Waals surface area contributed by atoms with Crippen LogP contribution in [-0.4, -0.2) is 35.8 Å². The maximum Gasteiger partial charge on any atom is 0.232 e. The highest BCUT2D eigenvalue weighted by atomic mass is 16.6. The number of fused-ring (bicyclic) bond motifs is 1. The first kappa shape index (κ1) is 21.2. The molecule has 3 heterocycles. The molecule has 1 fully saturated rings. The van der Waals surface area contributed by atoms with Crippen molar-refractivity contribution in [3.05, 3.63) is 84.3 Å². The Morgan fingerprint density at radius 1 is 0.943 bits per heavy atom. The van der Waals surface area contributed by atoms with Crippen molar-refractivity contribution in [2.24, 2.45) is 0 Å². The first-order valence-electron chi connectivity index (χ1n) is 11.5. The number of benzene rings is 3. The van der Waals surface area contributed by atoms with Crippen LogP contribution in [0.2, 0.25) is 0 Å². The Morgan fingerprint density at radius 3 is 2.57 bits per heavy atom. The van der Waals surface area contributed by atoms with Crippen LogP contribution in [-0.2, 0) is 11.4 Å². The van der Waals surface area contributed by atoms with E-state index in [2.05, 4.69) is 10.1 Å². The zero-order valence-electron chi connectivity index (χ0n) is 18.9. The number of nitrogens with zero attached hydrogens (tertiary/aromatic N) is 3. The molecule has 0 spiro atoms. The Hall–Kier alpha value is -4.33. The number of rotatable bonds is 6. The van der Waals surface area contributed by atoms with Gasteiger partial charge in [0.15, 0.2) is 11.5 Å². The lowest BCUT2D eigenvalue weighted by atomic mass is 10.1. The quantitative estimate of drug-likeness (QED) is 0.408. The van der Waals surface area contributed by atoms with E-state index in [1.165, 1.54) is 0 Å². The minimum absolute atomic E-state index is 0.00588. The molecule has 1 unspecified atom stereocenters. The van der Waals surface area contributed by atoms with Gasteiger partial charge in [-0.15, -0.1) is 0 Å². The predicted molar refractivity (Wildman–Crippen MR) is 128 cm³/mol. The van der Waals surface area contributed by atoms with E-state index in [1.807, 2.05) is 72.8 Å². The first-order valence-corrected chi connectivity index (χ1v) is 11.5. The van der Waals surface area contributed by atoms with E-state index in [0.29, 0.717) is 56.0 Å². The summed E-state index contributed by atoms with van der Waals surface area (Å²) in [7, 11) is 0. The molecule has 3 aromatic carbocycles. The van der Waals surface area contributed by atoms with Crippen molar-refractivity contribution >= 4 is 11.6 Å². The van der Waals surface area contributed by atoms with Crippen LogP contribution in [0.25, 0.3) is 11.4 Å². The minimum Gasteiger partial charge on any atom is -0.489 e. The molecule has 8 heteroatoms. The first-order chi connectivity index (χ1) is 17.2. The average Bonchev–Trinajstić information content (AvgIpc) is 3.55. The van der Waals surface area contributed by atoms with Gasteiger partial charge in [0.2, 0.25) is 17.6 Å². The zero-order valence-corrected chi connectivity index (χ0v) is 18.9. The Balaban J connectivity index is 1.12. The largest absolute Gasteiger partial charge is 0.489 e. The molecule has 0 aliphatic carbocycles. The molecule has 4 aromatic rings. The number of carbonyl (C=O) groups excluding carboxylic acids is 1. The molecule has 2 aliphatic rings. The summed E-state index contributed by atoms with van der Waals surface area (Å²) in [4.78, 5) is 19.1. The molecule has 6 rings (SSSR count). The summed E-state index contributed by atoms with van der Waals surface area (Å²) in [6.07, 6.45) is 0.308. The van der Waals surface area contributed by atoms with Gasteiger partial charge in [0.25, 0.3) is 0 Å². The molecule has 2 aliphatic heterocycles. The van der Waals surface area contributed by atoms with Crippen molar-refractivity contribution in [3.63, 3.8) is 0 Å². The van der Waals surface area contributed by atoms with E-state index < -0.39 is 0 Å². The van der Waals surface area contributed by atoms with Crippen LogP contribution in [0, 0.1) is 0 Å². The van der Waals surface area contributed by atoms with E-state index in [9.17, 15) is 4.79 Å². The van der Waals surface area contributed by atoms with E-state index in [0.717, 1.165) is 22.6 Å². The molecule has 1 saturated heterocycles. The van der Waals surface area contributed by atoms with E-state index in [1.54, 1.807) is 4.90 Å². The SMILES string of the molecule is O=C1CC(c2nc(-c3ccc(OCc4ccccc4)cc3)no2)CN1c1ccc2c(c1)OCCO2. The van der Waals surface area contributed by atoms with Crippen LogP contribution in [0.1, 0.15) is 23.8 Å². The Morgan fingerprint density at radius 2 is 1.74 bits per heavy atom. The van der Waals surface area contributed by atoms with Crippen LogP contribution in [0.3, 0.4) is 0 Å². The lowest BCUT2D eigenvalue weighted by Gasteiger charge is -2.22. The van der Waals surface area contributed by atoms with E-state index in [4.69, 9.17) is 18.7 Å². The fourth-order valence-electron chi connectivity index (χ4n) is 4.28. The van der Waals surface area contributed by atoms with Crippen molar-refractivity contribution < 1.29 is 23.5 Å². The lowest BCUT2D eigenvalue weighted by Crippen LogP contribution is -2.24. The fraction of sp³-hybridized carbons (Fsp3) is 0.222. The summed E-state index contributed by atoms with van der Waals surface area (Å²) in [6, 6.07) is 23.1. The third-order valence-corrected chi connectivity index (χ3v) is 6.11. The topological polar surface area (TPSA) is 86.9 Å². The zero-order chi connectivity index (χ0) is 23.6. The summed E-state index contributed by atoms with van der Waals surface area (Å²) in [5.74, 6) is 2.88. The smallest absolute Gasteiger partial charge is 0.232 e. The molecule has 0 saturated carbocycles. The molecule has 176 valence electrons. The molecule has 0 radical (unpaired) electrons. The predicted octanol–water partition coefficient (Wildman–Crippen LogP) is 4.61. The van der Waals surface area contributed by atoms with Gasteiger partial charge in [-0.25, -0.2) is 0 Å². The number of amides is 1. The fourth-order valence-corrected chi connectivity index (χ4v) is 4.28. The Kier molecular flexibility index (Phi) is 5.54. The Bertz CT molecular complexity index is 1340. The van der Waals surface area contributed by atoms with Crippen LogP contribution in [0.5, 0.6) is 17.2 Å². The van der Waals surface area contributed by atoms with Gasteiger partial charge in [0.05, 0.1) is 5.92 Å². The molecule has 8 nitrogen and oxygen atoms in total. The van der Waals surface area contributed by atoms with Crippen LogP contribution in [0.4, 0.5) is 5.69 Å². The highest BCUT2D eigenvalue weighted by molar-refractivity contribution is 5.96. The molecular formula is C27H23N3O5. The van der Waals surface area contributed by atoms with Gasteiger partial charge < -0.3 is 23.6 Å². The van der Waals surface area contributed by atoms with Crippen LogP contribution >= 0.6 is 0 Å². The highest BCUT2D eigenvalue weighted by Crippen LogP contribution is 2.37. The van der Waals surface area contributed by atoms with E-state index >= 15 is 0 Å². The normalized spacial score (nSPS) is 17.0. The summed E-state index contributed by atoms with van der Waals surface area (Å²) in [5, 5.41) is 4.14. The number of ether oxygens (including phenoxy) is 3.